The highest BCUT2D eigenvalue weighted by Crippen LogP contribution is 2.31. The van der Waals surface area contributed by atoms with Crippen LogP contribution in [-0.4, -0.2) is 4.98 Å². The van der Waals surface area contributed by atoms with Gasteiger partial charge in [-0.25, -0.2) is 4.98 Å². The van der Waals surface area contributed by atoms with Crippen molar-refractivity contribution in [1.82, 2.24) is 4.98 Å². The molecule has 3 heteroatoms. The summed E-state index contributed by atoms with van der Waals surface area (Å²) in [6, 6.07) is 9.95. The smallest absolute Gasteiger partial charge is 0.148 e. The molecule has 0 unspecified atom stereocenters. The number of hydrogen-bond donors (Lipinski definition) is 0. The quantitative estimate of drug-likeness (QED) is 0.747. The van der Waals surface area contributed by atoms with E-state index >= 15 is 0 Å². The second-order valence-corrected chi connectivity index (χ2v) is 4.37. The highest BCUT2D eigenvalue weighted by Gasteiger charge is 2.15. The lowest BCUT2D eigenvalue weighted by molar-refractivity contribution is 0.868. The van der Waals surface area contributed by atoms with Gasteiger partial charge in [-0.05, 0) is 17.5 Å². The summed E-state index contributed by atoms with van der Waals surface area (Å²) in [5.74, 6) is 0.427. The fourth-order valence-corrected chi connectivity index (χ4v) is 1.90. The maximum atomic E-state index is 8.99. The molecule has 2 aliphatic rings. The summed E-state index contributed by atoms with van der Waals surface area (Å²) in [5.41, 5.74) is 3.26. The molecule has 0 aromatic rings. The molecule has 0 aromatic heterocycles. The Morgan fingerprint density at radius 3 is 2.75 bits per heavy atom. The molecular weight excluding hydrogens is 220 g/mol. The van der Waals surface area contributed by atoms with E-state index in [1.54, 1.807) is 0 Å². The van der Waals surface area contributed by atoms with Crippen molar-refractivity contribution in [3.05, 3.63) is 40.5 Å². The van der Waals surface area contributed by atoms with Crippen molar-refractivity contribution in [2.24, 2.45) is 0 Å². The molecule has 0 aromatic carbocycles. The van der Waals surface area contributed by atoms with Crippen LogP contribution in [0.25, 0.3) is 11.3 Å². The average molecular weight is 231 g/mol. The van der Waals surface area contributed by atoms with Gasteiger partial charge in [-0.3, -0.25) is 0 Å². The normalized spacial score (nSPS) is 10.7. The summed E-state index contributed by atoms with van der Waals surface area (Å²) >= 11 is 5.91. The van der Waals surface area contributed by atoms with Crippen LogP contribution in [0.2, 0.25) is 5.15 Å². The van der Waals surface area contributed by atoms with Gasteiger partial charge in [0.1, 0.15) is 11.2 Å². The first-order valence-corrected chi connectivity index (χ1v) is 5.50. The van der Waals surface area contributed by atoms with Crippen molar-refractivity contribution in [2.75, 3.05) is 0 Å². The van der Waals surface area contributed by atoms with Crippen LogP contribution in [0.3, 0.4) is 0 Å². The molecule has 1 aliphatic carbocycles. The van der Waals surface area contributed by atoms with Crippen molar-refractivity contribution in [3.63, 3.8) is 0 Å². The number of halogens is 1. The van der Waals surface area contributed by atoms with Gasteiger partial charge < -0.3 is 0 Å². The van der Waals surface area contributed by atoms with Gasteiger partial charge in [0.05, 0.1) is 11.3 Å². The molecule has 1 aliphatic heterocycles. The molecule has 0 atom stereocenters. The van der Waals surface area contributed by atoms with Crippen molar-refractivity contribution >= 4 is 11.6 Å². The zero-order valence-corrected chi connectivity index (χ0v) is 9.92. The van der Waals surface area contributed by atoms with Crippen LogP contribution in [-0.2, 0) is 0 Å². The molecule has 0 saturated heterocycles. The molecular formula is C13H11ClN2. The van der Waals surface area contributed by atoms with Crippen LogP contribution in [0.5, 0.6) is 0 Å². The van der Waals surface area contributed by atoms with E-state index in [2.05, 4.69) is 24.9 Å². The number of rotatable bonds is 1. The summed E-state index contributed by atoms with van der Waals surface area (Å²) in [5, 5.41) is 9.28. The van der Waals surface area contributed by atoms with Gasteiger partial charge >= 0.3 is 0 Å². The molecule has 0 fully saturated rings. The van der Waals surface area contributed by atoms with Gasteiger partial charge in [0, 0.05) is 5.56 Å². The van der Waals surface area contributed by atoms with E-state index in [9.17, 15) is 0 Å². The Morgan fingerprint density at radius 1 is 1.38 bits per heavy atom. The van der Waals surface area contributed by atoms with E-state index < -0.39 is 0 Å². The minimum absolute atomic E-state index is 0.290. The Kier molecular flexibility index (Phi) is 2.80. The SMILES string of the molecule is CC(C)c1cccc2c(C#N)c(Cl)nc-2c1. The van der Waals surface area contributed by atoms with Gasteiger partial charge in [0.15, 0.2) is 0 Å². The van der Waals surface area contributed by atoms with E-state index in [-0.39, 0.29) is 0 Å². The van der Waals surface area contributed by atoms with Gasteiger partial charge in [-0.1, -0.05) is 43.6 Å². The van der Waals surface area contributed by atoms with Crippen LogP contribution < -0.4 is 0 Å². The first-order valence-electron chi connectivity index (χ1n) is 5.12. The van der Waals surface area contributed by atoms with Crippen molar-refractivity contribution in [1.29, 1.82) is 5.26 Å². The molecule has 0 radical (unpaired) electrons. The third-order valence-corrected chi connectivity index (χ3v) is 2.88. The second-order valence-electron chi connectivity index (χ2n) is 4.01. The molecule has 2 nitrogen and oxygen atoms in total. The molecule has 0 amide bonds. The topological polar surface area (TPSA) is 36.7 Å². The van der Waals surface area contributed by atoms with Crippen molar-refractivity contribution in [2.45, 2.75) is 19.8 Å². The van der Waals surface area contributed by atoms with E-state index in [0.29, 0.717) is 16.6 Å². The van der Waals surface area contributed by atoms with Crippen LogP contribution in [0.4, 0.5) is 0 Å². The molecule has 1 heterocycles. The van der Waals surface area contributed by atoms with Gasteiger partial charge in [-0.15, -0.1) is 0 Å². The summed E-state index contributed by atoms with van der Waals surface area (Å²) in [4.78, 5) is 4.21. The zero-order valence-electron chi connectivity index (χ0n) is 9.16. The van der Waals surface area contributed by atoms with Crippen LogP contribution in [0, 0.1) is 11.3 Å². The predicted molar refractivity (Wildman–Crippen MR) is 64.7 cm³/mol. The van der Waals surface area contributed by atoms with Crippen LogP contribution in [0.15, 0.2) is 24.3 Å². The van der Waals surface area contributed by atoms with Crippen LogP contribution in [0.1, 0.15) is 30.9 Å². The second kappa shape index (κ2) is 4.11. The number of nitriles is 1. The fourth-order valence-electron chi connectivity index (χ4n) is 1.67. The first-order chi connectivity index (χ1) is 7.63. The Bertz CT molecular complexity index is 541. The fraction of sp³-hybridized carbons (Fsp3) is 0.231. The lowest BCUT2D eigenvalue weighted by atomic mass is 10.0. The lowest BCUT2D eigenvalue weighted by Gasteiger charge is -2.00. The highest BCUT2D eigenvalue weighted by atomic mass is 35.5. The van der Waals surface area contributed by atoms with E-state index in [4.69, 9.17) is 16.9 Å². The van der Waals surface area contributed by atoms with E-state index in [0.717, 1.165) is 11.3 Å². The third-order valence-electron chi connectivity index (χ3n) is 2.60. The summed E-state index contributed by atoms with van der Waals surface area (Å²) < 4.78 is 0. The van der Waals surface area contributed by atoms with Gasteiger partial charge in [0.2, 0.25) is 0 Å². The van der Waals surface area contributed by atoms with Crippen LogP contribution >= 0.6 is 11.6 Å². The molecule has 2 rings (SSSR count). The van der Waals surface area contributed by atoms with E-state index in [1.165, 1.54) is 5.56 Å². The maximum absolute atomic E-state index is 8.99. The molecule has 0 N–H and O–H groups in total. The monoisotopic (exact) mass is 230 g/mol. The Labute approximate surface area is 99.8 Å². The summed E-state index contributed by atoms with van der Waals surface area (Å²) in [7, 11) is 0. The molecule has 0 saturated carbocycles. The number of hydrogen-bond acceptors (Lipinski definition) is 2. The van der Waals surface area contributed by atoms with E-state index in [1.807, 2.05) is 24.3 Å². The lowest BCUT2D eigenvalue weighted by Crippen LogP contribution is -1.83. The highest BCUT2D eigenvalue weighted by molar-refractivity contribution is 6.31. The van der Waals surface area contributed by atoms with Crippen molar-refractivity contribution < 1.29 is 0 Å². The van der Waals surface area contributed by atoms with Crippen molar-refractivity contribution in [3.8, 4) is 17.3 Å². The minimum Gasteiger partial charge on any atom is -0.235 e. The Morgan fingerprint density at radius 2 is 2.12 bits per heavy atom. The largest absolute Gasteiger partial charge is 0.235 e. The molecule has 0 bridgehead atoms. The number of nitrogens with zero attached hydrogens (tertiary/aromatic N) is 2. The summed E-state index contributed by atoms with van der Waals surface area (Å²) in [6.45, 7) is 4.24. The third kappa shape index (κ3) is 1.75. The Balaban J connectivity index is 2.69. The maximum Gasteiger partial charge on any atom is 0.148 e. The predicted octanol–water partition coefficient (Wildman–Crippen LogP) is 3.83. The number of fused-ring (bicyclic) bond motifs is 1. The van der Waals surface area contributed by atoms with Gasteiger partial charge in [0.25, 0.3) is 0 Å². The number of aromatic nitrogens is 1. The average Bonchev–Trinajstić information content (AvgIpc) is 2.42. The standard InChI is InChI=1S/C13H11ClN2/c1-8(2)9-4-3-5-10-11(7-15)13(14)16-12(10)6-9/h3-6,8H,1-2H3. The first kappa shape index (κ1) is 10.9. The summed E-state index contributed by atoms with van der Waals surface area (Å²) in [6.07, 6.45) is 0. The molecule has 80 valence electrons. The zero-order chi connectivity index (χ0) is 11.7. The molecule has 0 spiro atoms. The van der Waals surface area contributed by atoms with Gasteiger partial charge in [-0.2, -0.15) is 5.26 Å². The Hall–Kier alpha value is -1.59. The minimum atomic E-state index is 0.290. The molecule has 16 heavy (non-hydrogen) atoms.